The summed E-state index contributed by atoms with van der Waals surface area (Å²) < 4.78 is 54.2. The third kappa shape index (κ3) is 3.33. The molecule has 0 bridgehead atoms. The molecule has 0 aliphatic heterocycles. The van der Waals surface area contributed by atoms with Crippen molar-refractivity contribution in [3.8, 4) is 0 Å². The van der Waals surface area contributed by atoms with Gasteiger partial charge in [0.1, 0.15) is 16.5 Å². The van der Waals surface area contributed by atoms with E-state index >= 15 is 0 Å². The van der Waals surface area contributed by atoms with Gasteiger partial charge < -0.3 is 5.73 Å². The molecule has 2 aromatic carbocycles. The fourth-order valence-corrected chi connectivity index (χ4v) is 3.16. The highest BCUT2D eigenvalue weighted by atomic mass is 79.9. The number of anilines is 2. The van der Waals surface area contributed by atoms with Crippen molar-refractivity contribution in [2.24, 2.45) is 0 Å². The minimum absolute atomic E-state index is 0.131. The summed E-state index contributed by atoms with van der Waals surface area (Å²) in [5.74, 6) is -1.73. The van der Waals surface area contributed by atoms with Gasteiger partial charge in [0.05, 0.1) is 5.69 Å². The predicted molar refractivity (Wildman–Crippen MR) is 80.5 cm³/mol. The van der Waals surface area contributed by atoms with Crippen LogP contribution in [0.25, 0.3) is 0 Å². The normalized spacial score (nSPS) is 11.4. The van der Waals surface area contributed by atoms with E-state index in [2.05, 4.69) is 15.9 Å². The van der Waals surface area contributed by atoms with Gasteiger partial charge in [0.15, 0.2) is 0 Å². The lowest BCUT2D eigenvalue weighted by molar-refractivity contribution is 0.569. The number of rotatable bonds is 3. The summed E-state index contributed by atoms with van der Waals surface area (Å²) in [6.45, 7) is 1.55. The summed E-state index contributed by atoms with van der Waals surface area (Å²) >= 11 is 3.10. The van der Waals surface area contributed by atoms with E-state index in [0.717, 1.165) is 18.2 Å². The van der Waals surface area contributed by atoms with E-state index in [0.29, 0.717) is 10.0 Å². The Balaban J connectivity index is 2.48. The first-order valence-corrected chi connectivity index (χ1v) is 8.02. The fraction of sp³-hybridized carbons (Fsp3) is 0.0769. The second-order valence-corrected chi connectivity index (χ2v) is 6.94. The highest BCUT2D eigenvalue weighted by Gasteiger charge is 2.22. The molecule has 0 unspecified atom stereocenters. The maximum absolute atomic E-state index is 13.8. The molecule has 0 fully saturated rings. The molecule has 4 nitrogen and oxygen atoms in total. The van der Waals surface area contributed by atoms with E-state index in [9.17, 15) is 17.2 Å². The van der Waals surface area contributed by atoms with E-state index in [4.69, 9.17) is 5.73 Å². The number of aryl methyl sites for hydroxylation is 1. The van der Waals surface area contributed by atoms with Gasteiger partial charge >= 0.3 is 0 Å². The Morgan fingerprint density at radius 3 is 2.48 bits per heavy atom. The Morgan fingerprint density at radius 1 is 1.14 bits per heavy atom. The molecule has 2 rings (SSSR count). The Kier molecular flexibility index (Phi) is 4.20. The number of hydrogen-bond donors (Lipinski definition) is 2. The Morgan fingerprint density at radius 2 is 1.81 bits per heavy atom. The van der Waals surface area contributed by atoms with Gasteiger partial charge in [-0.1, -0.05) is 15.9 Å². The average Bonchev–Trinajstić information content (AvgIpc) is 2.37. The molecule has 0 aromatic heterocycles. The maximum atomic E-state index is 13.8. The van der Waals surface area contributed by atoms with Crippen molar-refractivity contribution in [1.82, 2.24) is 0 Å². The smallest absolute Gasteiger partial charge is 0.264 e. The van der Waals surface area contributed by atoms with Gasteiger partial charge in [-0.05, 0) is 42.8 Å². The molecule has 0 aliphatic rings. The molecule has 21 heavy (non-hydrogen) atoms. The lowest BCUT2D eigenvalue weighted by Gasteiger charge is -2.11. The standard InChI is InChI=1S/C13H11BrF2N2O2S/c1-7-4-10(16)13(6-11(7)17)21(19,20)18-12-5-8(14)2-3-9(12)15/h2-6,18H,17H2,1H3. The minimum atomic E-state index is -4.29. The van der Waals surface area contributed by atoms with Gasteiger partial charge in [-0.2, -0.15) is 0 Å². The van der Waals surface area contributed by atoms with Crippen molar-refractivity contribution in [3.05, 3.63) is 52.0 Å². The highest BCUT2D eigenvalue weighted by Crippen LogP contribution is 2.26. The summed E-state index contributed by atoms with van der Waals surface area (Å²) in [5.41, 5.74) is 5.85. The molecule has 0 amide bonds. The number of hydrogen-bond acceptors (Lipinski definition) is 3. The number of nitrogens with two attached hydrogens (primary N) is 1. The van der Waals surface area contributed by atoms with Crippen molar-refractivity contribution < 1.29 is 17.2 Å². The summed E-state index contributed by atoms with van der Waals surface area (Å²) in [4.78, 5) is -0.634. The van der Waals surface area contributed by atoms with E-state index in [1.54, 1.807) is 6.92 Å². The van der Waals surface area contributed by atoms with Crippen LogP contribution >= 0.6 is 15.9 Å². The first-order chi connectivity index (χ1) is 9.70. The number of sulfonamides is 1. The second-order valence-electron chi connectivity index (χ2n) is 4.37. The Bertz CT molecular complexity index is 810. The van der Waals surface area contributed by atoms with Crippen LogP contribution in [0.5, 0.6) is 0 Å². The van der Waals surface area contributed by atoms with Gasteiger partial charge in [-0.15, -0.1) is 0 Å². The van der Waals surface area contributed by atoms with Crippen LogP contribution in [0.3, 0.4) is 0 Å². The largest absolute Gasteiger partial charge is 0.398 e. The van der Waals surface area contributed by atoms with Gasteiger partial charge in [-0.3, -0.25) is 4.72 Å². The van der Waals surface area contributed by atoms with Crippen LogP contribution < -0.4 is 10.5 Å². The van der Waals surface area contributed by atoms with E-state index in [-0.39, 0.29) is 11.4 Å². The van der Waals surface area contributed by atoms with Crippen molar-refractivity contribution in [2.45, 2.75) is 11.8 Å². The van der Waals surface area contributed by atoms with Crippen molar-refractivity contribution >= 4 is 37.3 Å². The van der Waals surface area contributed by atoms with E-state index in [1.165, 1.54) is 12.1 Å². The van der Waals surface area contributed by atoms with Crippen LogP contribution in [-0.2, 0) is 10.0 Å². The van der Waals surface area contributed by atoms with Crippen molar-refractivity contribution in [1.29, 1.82) is 0 Å². The van der Waals surface area contributed by atoms with Crippen LogP contribution in [-0.4, -0.2) is 8.42 Å². The topological polar surface area (TPSA) is 72.2 Å². The van der Waals surface area contributed by atoms with Gasteiger partial charge in [-0.25, -0.2) is 17.2 Å². The first kappa shape index (κ1) is 15.7. The number of nitrogen functional groups attached to an aromatic ring is 1. The summed E-state index contributed by atoms with van der Waals surface area (Å²) in [6, 6.07) is 5.76. The molecule has 8 heteroatoms. The molecule has 0 saturated carbocycles. The third-order valence-corrected chi connectivity index (χ3v) is 4.66. The van der Waals surface area contributed by atoms with Crippen molar-refractivity contribution in [2.75, 3.05) is 10.5 Å². The highest BCUT2D eigenvalue weighted by molar-refractivity contribution is 9.10. The zero-order valence-electron chi connectivity index (χ0n) is 10.8. The van der Waals surface area contributed by atoms with Crippen LogP contribution in [0.1, 0.15) is 5.56 Å². The molecule has 112 valence electrons. The maximum Gasteiger partial charge on any atom is 0.264 e. The van der Waals surface area contributed by atoms with Crippen molar-refractivity contribution in [3.63, 3.8) is 0 Å². The summed E-state index contributed by atoms with van der Waals surface area (Å²) in [6.07, 6.45) is 0. The zero-order chi connectivity index (χ0) is 15.8. The van der Waals surface area contributed by atoms with Crippen LogP contribution in [0.4, 0.5) is 20.2 Å². The van der Waals surface area contributed by atoms with E-state index < -0.39 is 26.6 Å². The molecule has 3 N–H and O–H groups in total. The predicted octanol–water partition coefficient (Wildman–Crippen LogP) is 3.42. The molecule has 0 heterocycles. The monoisotopic (exact) mass is 376 g/mol. The minimum Gasteiger partial charge on any atom is -0.398 e. The van der Waals surface area contributed by atoms with Gasteiger partial charge in [0.25, 0.3) is 10.0 Å². The van der Waals surface area contributed by atoms with Crippen LogP contribution in [0.2, 0.25) is 0 Å². The average molecular weight is 377 g/mol. The molecule has 2 aromatic rings. The molecule has 0 radical (unpaired) electrons. The quantitative estimate of drug-likeness (QED) is 0.806. The van der Waals surface area contributed by atoms with E-state index in [1.807, 2.05) is 4.72 Å². The molecule has 0 aliphatic carbocycles. The molecule has 0 saturated heterocycles. The molecule has 0 atom stereocenters. The summed E-state index contributed by atoms with van der Waals surface area (Å²) in [5, 5.41) is 0. The number of nitrogens with one attached hydrogen (secondary N) is 1. The molecular weight excluding hydrogens is 366 g/mol. The zero-order valence-corrected chi connectivity index (χ0v) is 13.2. The first-order valence-electron chi connectivity index (χ1n) is 5.74. The lowest BCUT2D eigenvalue weighted by Crippen LogP contribution is -2.16. The lowest BCUT2D eigenvalue weighted by atomic mass is 10.2. The summed E-state index contributed by atoms with van der Waals surface area (Å²) in [7, 11) is -4.29. The van der Waals surface area contributed by atoms with Gasteiger partial charge in [0, 0.05) is 10.2 Å². The second kappa shape index (κ2) is 5.61. The SMILES string of the molecule is Cc1cc(F)c(S(=O)(=O)Nc2cc(Br)ccc2F)cc1N. The fourth-order valence-electron chi connectivity index (χ4n) is 1.65. The number of benzene rings is 2. The molecule has 0 spiro atoms. The Hall–Kier alpha value is -1.67. The Labute approximate surface area is 129 Å². The number of halogens is 3. The molecular formula is C13H11BrF2N2O2S. The third-order valence-electron chi connectivity index (χ3n) is 2.78. The van der Waals surface area contributed by atoms with Crippen LogP contribution in [0, 0.1) is 18.6 Å². The van der Waals surface area contributed by atoms with Gasteiger partial charge in [0.2, 0.25) is 0 Å². The van der Waals surface area contributed by atoms with Crippen LogP contribution in [0.15, 0.2) is 39.7 Å².